The van der Waals surface area contributed by atoms with Gasteiger partial charge in [-0.25, -0.2) is 0 Å². The Morgan fingerprint density at radius 3 is 1.77 bits per heavy atom. The molecule has 0 unspecified atom stereocenters. The Morgan fingerprint density at radius 1 is 0.923 bits per heavy atom. The van der Waals surface area contributed by atoms with Crippen LogP contribution in [-0.4, -0.2) is 27.1 Å². The molecule has 3 heteroatoms. The number of carbonyl (C=O) groups excluding carboxylic acids is 2. The number of rotatable bonds is 2. The van der Waals surface area contributed by atoms with Crippen molar-refractivity contribution in [2.24, 2.45) is 0 Å². The van der Waals surface area contributed by atoms with Crippen molar-refractivity contribution in [3.05, 3.63) is 33.1 Å². The Labute approximate surface area is 80.9 Å². The van der Waals surface area contributed by atoms with Crippen LogP contribution in [0.5, 0.6) is 0 Å². The Morgan fingerprint density at radius 2 is 1.38 bits per heavy atom. The molecule has 2 nitrogen and oxygen atoms in total. The molecule has 0 radical (unpaired) electrons. The van der Waals surface area contributed by atoms with Crippen LogP contribution in [-0.2, 0) is 0 Å². The second-order valence-electron chi connectivity index (χ2n) is 2.61. The van der Waals surface area contributed by atoms with Crippen LogP contribution < -0.4 is 0 Å². The number of hydrogen-bond acceptors (Lipinski definition) is 2. The van der Waals surface area contributed by atoms with E-state index in [0.29, 0.717) is 0 Å². The Hall–Kier alpha value is -1.18. The summed E-state index contributed by atoms with van der Waals surface area (Å²) in [5.41, 5.74) is 0. The van der Waals surface area contributed by atoms with Gasteiger partial charge in [-0.1, -0.05) is 0 Å². The van der Waals surface area contributed by atoms with Crippen LogP contribution in [0.3, 0.4) is 0 Å². The summed E-state index contributed by atoms with van der Waals surface area (Å²) in [6.45, 7) is 0. The third-order valence-corrected chi connectivity index (χ3v) is 4.14. The van der Waals surface area contributed by atoms with E-state index in [4.69, 9.17) is 0 Å². The van der Waals surface area contributed by atoms with Crippen LogP contribution in [0.4, 0.5) is 0 Å². The van der Waals surface area contributed by atoms with Crippen LogP contribution in [0.1, 0.15) is 18.5 Å². The van der Waals surface area contributed by atoms with Crippen molar-refractivity contribution in [3.63, 3.8) is 0 Å². The molecule has 1 heterocycles. The zero-order valence-electron chi connectivity index (χ0n) is 6.69. The molecule has 0 aliphatic carbocycles. The average molecular weight is 237 g/mol. The topological polar surface area (TPSA) is 34.1 Å². The first-order chi connectivity index (χ1) is 6.36. The number of fused-ring (bicyclic) bond motifs is 1. The fourth-order valence-electron chi connectivity index (χ4n) is 1.32. The fraction of sp³-hybridized carbons (Fsp3) is 0. The molecule has 0 saturated carbocycles. The van der Waals surface area contributed by atoms with E-state index in [1.54, 1.807) is 0 Å². The molecule has 0 atom stereocenters. The summed E-state index contributed by atoms with van der Waals surface area (Å²) in [6, 6.07) is 7.53. The Balaban J connectivity index is 2.89. The van der Waals surface area contributed by atoms with Crippen molar-refractivity contribution in [2.75, 3.05) is 0 Å². The predicted octanol–water partition coefficient (Wildman–Crippen LogP) is 1.52. The maximum absolute atomic E-state index is 10.7. The van der Waals surface area contributed by atoms with Gasteiger partial charge >= 0.3 is 80.6 Å². The summed E-state index contributed by atoms with van der Waals surface area (Å²) < 4.78 is 1.54. The molecule has 0 N–H and O–H groups in total. The van der Waals surface area contributed by atoms with Crippen LogP contribution >= 0.6 is 0 Å². The van der Waals surface area contributed by atoms with E-state index >= 15 is 0 Å². The molecular formula is C10H6O2Se. The van der Waals surface area contributed by atoms with Gasteiger partial charge in [0.25, 0.3) is 0 Å². The van der Waals surface area contributed by atoms with Gasteiger partial charge in [-0.15, -0.1) is 0 Å². The molecule has 0 aliphatic heterocycles. The fourth-order valence-corrected chi connectivity index (χ4v) is 3.22. The van der Waals surface area contributed by atoms with Gasteiger partial charge in [0.15, 0.2) is 0 Å². The molecule has 0 amide bonds. The van der Waals surface area contributed by atoms with Gasteiger partial charge in [0, 0.05) is 0 Å². The second kappa shape index (κ2) is 3.29. The van der Waals surface area contributed by atoms with Crippen LogP contribution in [0.2, 0.25) is 0 Å². The molecule has 13 heavy (non-hydrogen) atoms. The number of aldehydes is 2. The van der Waals surface area contributed by atoms with Gasteiger partial charge in [-0.2, -0.15) is 0 Å². The van der Waals surface area contributed by atoms with E-state index in [2.05, 4.69) is 0 Å². The Bertz CT molecular complexity index is 429. The summed E-state index contributed by atoms with van der Waals surface area (Å²) >= 11 is -0.0901. The van der Waals surface area contributed by atoms with Gasteiger partial charge in [0.2, 0.25) is 0 Å². The summed E-state index contributed by atoms with van der Waals surface area (Å²) in [6.07, 6.45) is 1.71. The quantitative estimate of drug-likeness (QED) is 0.586. The SMILES string of the molecule is O=Cc1[se]c(C=O)c2ccccc12. The van der Waals surface area contributed by atoms with Crippen molar-refractivity contribution in [1.29, 1.82) is 0 Å². The van der Waals surface area contributed by atoms with Gasteiger partial charge < -0.3 is 0 Å². The first-order valence-electron chi connectivity index (χ1n) is 3.78. The van der Waals surface area contributed by atoms with Crippen LogP contribution in [0, 0.1) is 0 Å². The van der Waals surface area contributed by atoms with E-state index in [1.807, 2.05) is 24.3 Å². The van der Waals surface area contributed by atoms with Gasteiger partial charge in [-0.05, 0) is 0 Å². The second-order valence-corrected chi connectivity index (χ2v) is 4.89. The van der Waals surface area contributed by atoms with Crippen molar-refractivity contribution in [1.82, 2.24) is 0 Å². The molecule has 2 aromatic rings. The molecule has 1 aromatic heterocycles. The third-order valence-electron chi connectivity index (χ3n) is 1.89. The van der Waals surface area contributed by atoms with Gasteiger partial charge in [0.05, 0.1) is 0 Å². The first-order valence-corrected chi connectivity index (χ1v) is 5.50. The monoisotopic (exact) mass is 238 g/mol. The van der Waals surface area contributed by atoms with Crippen molar-refractivity contribution < 1.29 is 9.59 Å². The predicted molar refractivity (Wildman–Crippen MR) is 51.7 cm³/mol. The van der Waals surface area contributed by atoms with E-state index in [1.165, 1.54) is 0 Å². The molecule has 2 rings (SSSR count). The number of benzene rings is 1. The molecule has 0 spiro atoms. The third kappa shape index (κ3) is 1.26. The first kappa shape index (κ1) is 8.42. The molecule has 0 bridgehead atoms. The van der Waals surface area contributed by atoms with Crippen molar-refractivity contribution in [3.8, 4) is 0 Å². The summed E-state index contributed by atoms with van der Waals surface area (Å²) in [5, 5.41) is 1.86. The van der Waals surface area contributed by atoms with Crippen LogP contribution in [0.15, 0.2) is 24.3 Å². The molecular weight excluding hydrogens is 231 g/mol. The molecule has 64 valence electrons. The van der Waals surface area contributed by atoms with Gasteiger partial charge in [-0.3, -0.25) is 0 Å². The normalized spacial score (nSPS) is 10.2. The summed E-state index contributed by atoms with van der Waals surface area (Å²) in [7, 11) is 0. The minimum atomic E-state index is -0.0901. The summed E-state index contributed by atoms with van der Waals surface area (Å²) in [4.78, 5) is 21.4. The van der Waals surface area contributed by atoms with Gasteiger partial charge in [0.1, 0.15) is 0 Å². The van der Waals surface area contributed by atoms with E-state index < -0.39 is 0 Å². The van der Waals surface area contributed by atoms with E-state index in [-0.39, 0.29) is 14.5 Å². The zero-order valence-corrected chi connectivity index (χ0v) is 8.40. The standard InChI is InChI=1S/C10H6O2Se/c11-5-9-7-3-1-2-4-8(7)10(6-12)13-9/h1-6H. The molecule has 0 aliphatic rings. The van der Waals surface area contributed by atoms with Crippen molar-refractivity contribution >= 4 is 37.8 Å². The summed E-state index contributed by atoms with van der Waals surface area (Å²) in [5.74, 6) is 0. The number of carbonyl (C=O) groups is 2. The zero-order chi connectivity index (χ0) is 9.26. The van der Waals surface area contributed by atoms with E-state index in [0.717, 1.165) is 32.2 Å². The minimum absolute atomic E-state index is 0.0901. The average Bonchev–Trinajstić information content (AvgIpc) is 2.56. The molecule has 0 saturated heterocycles. The molecule has 0 fully saturated rings. The van der Waals surface area contributed by atoms with E-state index in [9.17, 15) is 9.59 Å². The van der Waals surface area contributed by atoms with Crippen LogP contribution in [0.25, 0.3) is 10.8 Å². The Kier molecular flexibility index (Phi) is 2.13. The number of hydrogen-bond donors (Lipinski definition) is 0. The molecule has 1 aromatic carbocycles. The van der Waals surface area contributed by atoms with Crippen molar-refractivity contribution in [2.45, 2.75) is 0 Å². The maximum atomic E-state index is 10.7.